The first kappa shape index (κ1) is 34.4. The van der Waals surface area contributed by atoms with Crippen LogP contribution < -0.4 is 32.6 Å². The number of aliphatic hydroxyl groups excluding tert-OH is 2. The molecule has 0 spiro atoms. The Morgan fingerprint density at radius 3 is 2.56 bits per heavy atom. The summed E-state index contributed by atoms with van der Waals surface area (Å²) in [4.78, 5) is 31.6. The number of hydrogen-bond acceptors (Lipinski definition) is 13. The van der Waals surface area contributed by atoms with Crippen LogP contribution in [0.2, 0.25) is 0 Å². The minimum atomic E-state index is -3.20. The number of fused-ring (bicyclic) bond motifs is 1. The van der Waals surface area contributed by atoms with Crippen LogP contribution in [-0.4, -0.2) is 106 Å². The number of anilines is 2. The number of aliphatic hydroxyl groups is 2. The van der Waals surface area contributed by atoms with Gasteiger partial charge in [0.25, 0.3) is 0 Å². The number of carbonyl (C=O) groups is 2. The summed E-state index contributed by atoms with van der Waals surface area (Å²) in [5, 5.41) is 36.3. The summed E-state index contributed by atoms with van der Waals surface area (Å²) in [5.74, 6) is -0.705. The number of nitrogens with one attached hydrogen (secondary N) is 3. The number of carbonyl (C=O) groups excluding carboxylic acids is 1. The maximum absolute atomic E-state index is 12.1. The number of unbranched alkanes of at least 4 members (excludes halogenated alkanes) is 2. The van der Waals surface area contributed by atoms with E-state index in [2.05, 4.69) is 25.3 Å². The van der Waals surface area contributed by atoms with Gasteiger partial charge in [0.2, 0.25) is 15.9 Å². The molecule has 242 valence electrons. The molecule has 43 heavy (non-hydrogen) atoms. The SMILES string of the molecule is CS(=O)(=O)NCCCCCC(=O)NCCNc1cc2c(ncn2[C@@H]2O[C@H](C[C@@H](N)CC[C@H](N)C(=O)O)[C@@H](O)[C@H]2O)c(N)n1. The van der Waals surface area contributed by atoms with Gasteiger partial charge in [-0.3, -0.25) is 9.59 Å². The van der Waals surface area contributed by atoms with Crippen LogP contribution in [0, 0.1) is 0 Å². The van der Waals surface area contributed by atoms with Crippen molar-refractivity contribution in [3.8, 4) is 0 Å². The van der Waals surface area contributed by atoms with E-state index >= 15 is 0 Å². The monoisotopic (exact) mass is 629 g/mol. The van der Waals surface area contributed by atoms with Gasteiger partial charge in [0.1, 0.15) is 29.6 Å². The molecule has 0 aromatic carbocycles. The highest BCUT2D eigenvalue weighted by Crippen LogP contribution is 2.35. The molecule has 0 unspecified atom stereocenters. The Labute approximate surface area is 249 Å². The minimum Gasteiger partial charge on any atom is -0.480 e. The zero-order chi connectivity index (χ0) is 31.7. The van der Waals surface area contributed by atoms with E-state index in [0.717, 1.165) is 12.7 Å². The molecule has 1 amide bonds. The fourth-order valence-corrected chi connectivity index (χ4v) is 5.28. The largest absolute Gasteiger partial charge is 0.480 e. The van der Waals surface area contributed by atoms with Crippen molar-refractivity contribution in [3.05, 3.63) is 12.4 Å². The Hall–Kier alpha value is -3.13. The maximum Gasteiger partial charge on any atom is 0.320 e. The van der Waals surface area contributed by atoms with Crippen molar-refractivity contribution in [2.75, 3.05) is 36.9 Å². The fraction of sp³-hybridized carbons (Fsp3) is 0.680. The van der Waals surface area contributed by atoms with E-state index in [1.165, 1.54) is 6.33 Å². The molecule has 3 rings (SSSR count). The van der Waals surface area contributed by atoms with E-state index in [-0.39, 0.29) is 24.6 Å². The van der Waals surface area contributed by atoms with E-state index in [9.17, 15) is 28.2 Å². The van der Waals surface area contributed by atoms with Crippen molar-refractivity contribution in [2.24, 2.45) is 11.5 Å². The molecule has 0 aliphatic carbocycles. The van der Waals surface area contributed by atoms with Crippen molar-refractivity contribution in [1.29, 1.82) is 0 Å². The van der Waals surface area contributed by atoms with Gasteiger partial charge in [-0.25, -0.2) is 23.1 Å². The third kappa shape index (κ3) is 10.2. The number of aliphatic carboxylic acids is 1. The number of amides is 1. The smallest absolute Gasteiger partial charge is 0.320 e. The van der Waals surface area contributed by atoms with Crippen LogP contribution in [0.5, 0.6) is 0 Å². The summed E-state index contributed by atoms with van der Waals surface area (Å²) >= 11 is 0. The van der Waals surface area contributed by atoms with Crippen molar-refractivity contribution in [1.82, 2.24) is 24.6 Å². The van der Waals surface area contributed by atoms with E-state index in [1.54, 1.807) is 10.6 Å². The third-order valence-electron chi connectivity index (χ3n) is 7.10. The quantitative estimate of drug-likeness (QED) is 0.0821. The first-order chi connectivity index (χ1) is 20.3. The lowest BCUT2D eigenvalue weighted by atomic mass is 9.98. The number of hydrogen-bond donors (Lipinski definition) is 9. The van der Waals surface area contributed by atoms with Crippen LogP contribution in [0.1, 0.15) is 51.2 Å². The molecule has 17 nitrogen and oxygen atoms in total. The molecule has 3 heterocycles. The molecule has 18 heteroatoms. The van der Waals surface area contributed by atoms with Gasteiger partial charge in [-0.05, 0) is 32.1 Å². The summed E-state index contributed by atoms with van der Waals surface area (Å²) in [6.07, 6.45) is 1.16. The van der Waals surface area contributed by atoms with Gasteiger partial charge in [-0.1, -0.05) is 6.42 Å². The van der Waals surface area contributed by atoms with Crippen molar-refractivity contribution >= 4 is 44.6 Å². The van der Waals surface area contributed by atoms with Crippen LogP contribution in [0.15, 0.2) is 12.4 Å². The summed E-state index contributed by atoms with van der Waals surface area (Å²) in [7, 11) is -3.20. The fourth-order valence-electron chi connectivity index (χ4n) is 4.76. The lowest BCUT2D eigenvalue weighted by molar-refractivity contribution is -0.138. The summed E-state index contributed by atoms with van der Waals surface area (Å²) in [6.45, 7) is 1.02. The molecule has 2 aromatic heterocycles. The van der Waals surface area contributed by atoms with E-state index < -0.39 is 52.6 Å². The van der Waals surface area contributed by atoms with Gasteiger partial charge >= 0.3 is 5.97 Å². The van der Waals surface area contributed by atoms with E-state index in [1.807, 2.05) is 0 Å². The Morgan fingerprint density at radius 1 is 1.12 bits per heavy atom. The van der Waals surface area contributed by atoms with Crippen molar-refractivity contribution < 1.29 is 38.1 Å². The van der Waals surface area contributed by atoms with Gasteiger partial charge in [0.15, 0.2) is 12.0 Å². The number of sulfonamides is 1. The number of aromatic nitrogens is 3. The predicted molar refractivity (Wildman–Crippen MR) is 158 cm³/mol. The minimum absolute atomic E-state index is 0.121. The van der Waals surface area contributed by atoms with Crippen LogP contribution >= 0.6 is 0 Å². The van der Waals surface area contributed by atoms with Gasteiger partial charge < -0.3 is 52.5 Å². The third-order valence-corrected chi connectivity index (χ3v) is 7.83. The van der Waals surface area contributed by atoms with Crippen molar-refractivity contribution in [3.63, 3.8) is 0 Å². The lowest BCUT2D eigenvalue weighted by Gasteiger charge is -2.20. The molecule has 1 saturated heterocycles. The van der Waals surface area contributed by atoms with E-state index in [4.69, 9.17) is 27.0 Å². The second-order valence-electron chi connectivity index (χ2n) is 10.7. The Kier molecular flexibility index (Phi) is 12.4. The number of ether oxygens (including phenoxy) is 1. The predicted octanol–water partition coefficient (Wildman–Crippen LogP) is -1.82. The first-order valence-corrected chi connectivity index (χ1v) is 16.0. The first-order valence-electron chi connectivity index (χ1n) is 14.1. The zero-order valence-electron chi connectivity index (χ0n) is 24.1. The number of rotatable bonds is 18. The molecule has 1 aliphatic heterocycles. The number of nitrogen functional groups attached to an aromatic ring is 1. The summed E-state index contributed by atoms with van der Waals surface area (Å²) < 4.78 is 32.0. The maximum atomic E-state index is 12.1. The molecule has 0 radical (unpaired) electrons. The zero-order valence-corrected chi connectivity index (χ0v) is 24.9. The molecule has 1 aliphatic rings. The number of nitrogens with zero attached hydrogens (tertiary/aromatic N) is 3. The molecular formula is C25H43N9O8S. The highest BCUT2D eigenvalue weighted by atomic mass is 32.2. The molecule has 12 N–H and O–H groups in total. The normalized spacial score (nSPS) is 22.0. The second-order valence-corrected chi connectivity index (χ2v) is 12.6. The van der Waals surface area contributed by atoms with Crippen LogP contribution in [0.3, 0.4) is 0 Å². The second kappa shape index (κ2) is 15.6. The number of carboxylic acid groups (broad SMARTS) is 1. The summed E-state index contributed by atoms with van der Waals surface area (Å²) in [5.41, 5.74) is 18.6. The highest BCUT2D eigenvalue weighted by Gasteiger charge is 2.44. The van der Waals surface area contributed by atoms with Crippen LogP contribution in [-0.2, 0) is 24.3 Å². The Balaban J connectivity index is 1.51. The van der Waals surface area contributed by atoms with Crippen molar-refractivity contribution in [2.45, 2.75) is 81.6 Å². The van der Waals surface area contributed by atoms with Gasteiger partial charge in [0, 0.05) is 38.2 Å². The van der Waals surface area contributed by atoms with Crippen LogP contribution in [0.4, 0.5) is 11.6 Å². The molecule has 1 fully saturated rings. The lowest BCUT2D eigenvalue weighted by Crippen LogP contribution is -2.37. The molecule has 0 saturated carbocycles. The summed E-state index contributed by atoms with van der Waals surface area (Å²) in [6, 6.07) is 0.125. The topological polar surface area (TPSA) is 283 Å². The molecule has 6 atom stereocenters. The standard InChI is InChI=1S/C25H43N9O8S/c1-43(40,41)32-8-4-2-3-5-19(35)30-10-9-29-18-12-16-20(23(28)33-18)31-13-34(16)24-22(37)21(36)17(42-24)11-14(26)6-7-15(27)25(38)39/h12-15,17,21-22,24,32,36-37H,2-11,26-27H2,1H3,(H,30,35)(H,38,39)(H3,28,29,33)/t14-,15-,17+,21+,22+,24+/m0/s1. The number of pyridine rings is 1. The number of imidazole rings is 1. The average molecular weight is 630 g/mol. The molecular weight excluding hydrogens is 586 g/mol. The van der Waals surface area contributed by atoms with Gasteiger partial charge in [0.05, 0.1) is 24.2 Å². The Morgan fingerprint density at radius 2 is 1.86 bits per heavy atom. The molecule has 2 aromatic rings. The average Bonchev–Trinajstić information content (AvgIpc) is 3.47. The van der Waals surface area contributed by atoms with E-state index in [0.29, 0.717) is 62.2 Å². The molecule has 0 bridgehead atoms. The van der Waals surface area contributed by atoms with Gasteiger partial charge in [-0.2, -0.15) is 0 Å². The highest BCUT2D eigenvalue weighted by molar-refractivity contribution is 7.88. The Bertz CT molecular complexity index is 1340. The number of carboxylic acids is 1. The van der Waals surface area contributed by atoms with Crippen LogP contribution in [0.25, 0.3) is 11.0 Å². The van der Waals surface area contributed by atoms with Gasteiger partial charge in [-0.15, -0.1) is 0 Å². The number of nitrogens with two attached hydrogens (primary N) is 3.